The first-order valence-corrected chi connectivity index (χ1v) is 9.09. The minimum atomic E-state index is 0.398. The third-order valence-electron chi connectivity index (χ3n) is 3.60. The predicted octanol–water partition coefficient (Wildman–Crippen LogP) is 5.34. The lowest BCUT2D eigenvalue weighted by Gasteiger charge is -2.29. The van der Waals surface area contributed by atoms with E-state index in [0.29, 0.717) is 11.9 Å². The fourth-order valence-corrected chi connectivity index (χ4v) is 3.22. The molecule has 2 nitrogen and oxygen atoms in total. The lowest BCUT2D eigenvalue weighted by molar-refractivity contribution is 0.188. The third-order valence-corrected chi connectivity index (χ3v) is 4.94. The molecule has 1 rings (SSSR count). The summed E-state index contributed by atoms with van der Waals surface area (Å²) in [5.74, 6) is 2.01. The van der Waals surface area contributed by atoms with Gasteiger partial charge in [0.1, 0.15) is 5.01 Å². The van der Waals surface area contributed by atoms with Crippen LogP contribution in [0.5, 0.6) is 0 Å². The van der Waals surface area contributed by atoms with Crippen LogP contribution in [0, 0.1) is 11.8 Å². The van der Waals surface area contributed by atoms with Crippen LogP contribution in [-0.4, -0.2) is 23.0 Å². The van der Waals surface area contributed by atoms with E-state index in [9.17, 15) is 0 Å². The van der Waals surface area contributed by atoms with Crippen LogP contribution in [0.3, 0.4) is 0 Å². The Bertz CT molecular complexity index is 364. The fraction of sp³-hybridized carbons (Fsp3) is 0.812. The number of nitrogens with zero attached hydrogens (tertiary/aromatic N) is 2. The van der Waals surface area contributed by atoms with Gasteiger partial charge in [0.15, 0.2) is 0 Å². The zero-order chi connectivity index (χ0) is 15.1. The molecule has 1 aromatic heterocycles. The molecule has 0 aromatic carbocycles. The van der Waals surface area contributed by atoms with Gasteiger partial charge >= 0.3 is 0 Å². The quantitative estimate of drug-likeness (QED) is 0.572. The molecule has 0 amide bonds. The number of aromatic nitrogens is 1. The Morgan fingerprint density at radius 2 is 1.65 bits per heavy atom. The Hall–Kier alpha value is -0.120. The minimum absolute atomic E-state index is 0.398. The van der Waals surface area contributed by atoms with E-state index >= 15 is 0 Å². The Kier molecular flexibility index (Phi) is 8.08. The maximum Gasteiger partial charge on any atom is 0.110 e. The molecule has 0 aliphatic heterocycles. The van der Waals surface area contributed by atoms with Gasteiger partial charge in [-0.25, -0.2) is 4.98 Å². The molecule has 1 heterocycles. The van der Waals surface area contributed by atoms with Crippen LogP contribution in [0.2, 0.25) is 0 Å². The molecule has 0 radical (unpaired) electrons. The van der Waals surface area contributed by atoms with Gasteiger partial charge in [-0.15, -0.1) is 22.9 Å². The van der Waals surface area contributed by atoms with E-state index in [1.54, 1.807) is 11.3 Å². The Balaban J connectivity index is 2.68. The number of rotatable bonds is 9. The Morgan fingerprint density at radius 3 is 2.05 bits per heavy atom. The largest absolute Gasteiger partial charge is 0.294 e. The molecule has 0 aliphatic rings. The molecule has 0 N–H and O–H groups in total. The van der Waals surface area contributed by atoms with Gasteiger partial charge in [-0.1, -0.05) is 27.7 Å². The summed E-state index contributed by atoms with van der Waals surface area (Å²) in [7, 11) is 0. The van der Waals surface area contributed by atoms with Gasteiger partial charge in [-0.05, 0) is 44.7 Å². The van der Waals surface area contributed by atoms with E-state index in [1.807, 2.05) is 0 Å². The van der Waals surface area contributed by atoms with Gasteiger partial charge in [0, 0.05) is 5.38 Å². The van der Waals surface area contributed by atoms with Crippen molar-refractivity contribution in [3.63, 3.8) is 0 Å². The summed E-state index contributed by atoms with van der Waals surface area (Å²) in [6.45, 7) is 13.8. The highest BCUT2D eigenvalue weighted by molar-refractivity contribution is 7.09. The molecule has 0 bridgehead atoms. The van der Waals surface area contributed by atoms with E-state index in [-0.39, 0.29) is 0 Å². The van der Waals surface area contributed by atoms with E-state index in [2.05, 4.69) is 49.9 Å². The lowest BCUT2D eigenvalue weighted by Crippen LogP contribution is -2.30. The summed E-state index contributed by atoms with van der Waals surface area (Å²) >= 11 is 7.60. The van der Waals surface area contributed by atoms with Gasteiger partial charge in [0.25, 0.3) is 0 Å². The topological polar surface area (TPSA) is 16.1 Å². The number of hydrogen-bond donors (Lipinski definition) is 0. The predicted molar refractivity (Wildman–Crippen MR) is 90.6 cm³/mol. The highest BCUT2D eigenvalue weighted by Gasteiger charge is 2.19. The Labute approximate surface area is 133 Å². The molecule has 1 unspecified atom stereocenters. The summed E-state index contributed by atoms with van der Waals surface area (Å²) in [5.41, 5.74) is 1.01. The summed E-state index contributed by atoms with van der Waals surface area (Å²) in [4.78, 5) is 7.23. The van der Waals surface area contributed by atoms with Crippen molar-refractivity contribution < 1.29 is 0 Å². The van der Waals surface area contributed by atoms with Crippen LogP contribution >= 0.6 is 22.9 Å². The minimum Gasteiger partial charge on any atom is -0.294 e. The smallest absolute Gasteiger partial charge is 0.110 e. The first kappa shape index (κ1) is 17.9. The van der Waals surface area contributed by atoms with E-state index in [1.165, 1.54) is 17.8 Å². The molecule has 116 valence electrons. The molecular formula is C16H29ClN2S. The zero-order valence-corrected chi connectivity index (χ0v) is 15.1. The second-order valence-corrected chi connectivity index (χ2v) is 7.54. The van der Waals surface area contributed by atoms with E-state index in [0.717, 1.165) is 30.6 Å². The van der Waals surface area contributed by atoms with Crippen molar-refractivity contribution in [3.8, 4) is 0 Å². The first-order valence-electron chi connectivity index (χ1n) is 7.68. The Morgan fingerprint density at radius 1 is 1.10 bits per heavy atom. The average molecular weight is 317 g/mol. The van der Waals surface area contributed by atoms with Crippen LogP contribution in [0.25, 0.3) is 0 Å². The molecular weight excluding hydrogens is 288 g/mol. The van der Waals surface area contributed by atoms with Crippen LogP contribution in [-0.2, 0) is 5.88 Å². The number of hydrogen-bond acceptors (Lipinski definition) is 3. The molecule has 0 aliphatic carbocycles. The monoisotopic (exact) mass is 316 g/mol. The highest BCUT2D eigenvalue weighted by Crippen LogP contribution is 2.25. The van der Waals surface area contributed by atoms with Crippen LogP contribution in [0.1, 0.15) is 64.2 Å². The van der Waals surface area contributed by atoms with Gasteiger partial charge in [-0.2, -0.15) is 0 Å². The van der Waals surface area contributed by atoms with Crippen molar-refractivity contribution in [1.82, 2.24) is 9.88 Å². The summed E-state index contributed by atoms with van der Waals surface area (Å²) < 4.78 is 0. The van der Waals surface area contributed by atoms with Crippen LogP contribution in [0.15, 0.2) is 5.38 Å². The molecule has 1 aromatic rings. The molecule has 1 atom stereocenters. The standard InChI is InChI=1S/C16H29ClN2S/c1-12(2)6-8-19(9-7-13(3)4)14(5)16-18-15(10-17)11-20-16/h11-14H,6-10H2,1-5H3. The highest BCUT2D eigenvalue weighted by atomic mass is 35.5. The number of halogens is 1. The van der Waals surface area contributed by atoms with Crippen LogP contribution in [0.4, 0.5) is 0 Å². The number of alkyl halides is 1. The van der Waals surface area contributed by atoms with Crippen molar-refractivity contribution in [1.29, 1.82) is 0 Å². The molecule has 0 saturated heterocycles. The maximum atomic E-state index is 5.86. The molecule has 0 saturated carbocycles. The van der Waals surface area contributed by atoms with Gasteiger partial charge < -0.3 is 0 Å². The van der Waals surface area contributed by atoms with Crippen molar-refractivity contribution >= 4 is 22.9 Å². The van der Waals surface area contributed by atoms with Crippen molar-refractivity contribution in [2.45, 2.75) is 59.4 Å². The van der Waals surface area contributed by atoms with Gasteiger partial charge in [-0.3, -0.25) is 4.90 Å². The van der Waals surface area contributed by atoms with Gasteiger partial charge in [0.2, 0.25) is 0 Å². The van der Waals surface area contributed by atoms with Gasteiger partial charge in [0.05, 0.1) is 17.6 Å². The van der Waals surface area contributed by atoms with Crippen molar-refractivity contribution in [2.24, 2.45) is 11.8 Å². The average Bonchev–Trinajstić information content (AvgIpc) is 2.86. The van der Waals surface area contributed by atoms with Crippen molar-refractivity contribution in [3.05, 3.63) is 16.1 Å². The SMILES string of the molecule is CC(C)CCN(CCC(C)C)C(C)c1nc(CCl)cs1. The van der Waals surface area contributed by atoms with Crippen molar-refractivity contribution in [2.75, 3.05) is 13.1 Å². The molecule has 20 heavy (non-hydrogen) atoms. The first-order chi connectivity index (χ1) is 9.43. The molecule has 0 fully saturated rings. The zero-order valence-electron chi connectivity index (χ0n) is 13.5. The molecule has 4 heteroatoms. The second kappa shape index (κ2) is 9.01. The summed E-state index contributed by atoms with van der Waals surface area (Å²) in [5, 5.41) is 3.29. The normalized spacial score (nSPS) is 13.7. The fourth-order valence-electron chi connectivity index (χ4n) is 2.08. The summed E-state index contributed by atoms with van der Waals surface area (Å²) in [6.07, 6.45) is 2.49. The number of thiazole rings is 1. The third kappa shape index (κ3) is 6.11. The maximum absolute atomic E-state index is 5.86. The lowest BCUT2D eigenvalue weighted by atomic mass is 10.1. The van der Waals surface area contributed by atoms with Crippen LogP contribution < -0.4 is 0 Å². The molecule has 0 spiro atoms. The summed E-state index contributed by atoms with van der Waals surface area (Å²) in [6, 6.07) is 0.398. The van der Waals surface area contributed by atoms with E-state index < -0.39 is 0 Å². The van der Waals surface area contributed by atoms with E-state index in [4.69, 9.17) is 11.6 Å². The second-order valence-electron chi connectivity index (χ2n) is 6.39.